The molecule has 1 saturated heterocycles. The molecule has 1 aliphatic rings. The summed E-state index contributed by atoms with van der Waals surface area (Å²) in [6.45, 7) is 4.02. The Labute approximate surface area is 422 Å². The Morgan fingerprint density at radius 3 is 1.39 bits per heavy atom. The molecule has 69 heavy (non-hydrogen) atoms. The topological polar surface area (TPSA) is 178 Å². The van der Waals surface area contributed by atoms with Crippen LogP contribution in [0, 0.1) is 0 Å². The molecule has 6 atom stereocenters. The average Bonchev–Trinajstić information content (AvgIpc) is 3.32. The quantitative estimate of drug-likeness (QED) is 0.0196. The van der Waals surface area contributed by atoms with Crippen LogP contribution >= 0.6 is 0 Å². The van der Waals surface area contributed by atoms with Gasteiger partial charge >= 0.3 is 16.4 Å². The standard InChI is InChI=1S/C56H104O12S/c1-3-5-7-9-11-13-15-17-19-21-22-23-24-25-26-27-28-29-31-33-35-37-39-41-43-45-52(58)66-50(49-65-56-54(60)55(68-69(61,62)63)53(59)51(47-57)67-56)48-64-46-44-42-40-38-36-34-32-30-20-18-16-14-12-10-8-6-4-2/h15,17,21-22,24-25,50-51,53-57,59-60H,3-14,16,18-20,23,26-49H2,1-2H3,(H,61,62,63)/b17-15-,22-21-,25-24-. The molecule has 1 rings (SSSR count). The summed E-state index contributed by atoms with van der Waals surface area (Å²) in [6, 6.07) is 0. The van der Waals surface area contributed by atoms with Crippen LogP contribution in [0.3, 0.4) is 0 Å². The second-order valence-corrected chi connectivity index (χ2v) is 20.6. The summed E-state index contributed by atoms with van der Waals surface area (Å²) in [4.78, 5) is 12.9. The number of carbonyl (C=O) groups excluding carboxylic acids is 1. The van der Waals surface area contributed by atoms with Crippen molar-refractivity contribution < 1.29 is 56.2 Å². The zero-order valence-electron chi connectivity index (χ0n) is 43.9. The van der Waals surface area contributed by atoms with Crippen LogP contribution in [-0.2, 0) is 38.3 Å². The summed E-state index contributed by atoms with van der Waals surface area (Å²) in [5, 5.41) is 30.8. The Kier molecular flexibility index (Phi) is 44.8. The van der Waals surface area contributed by atoms with Crippen LogP contribution in [0.25, 0.3) is 0 Å². The summed E-state index contributed by atoms with van der Waals surface area (Å²) >= 11 is 0. The van der Waals surface area contributed by atoms with Gasteiger partial charge in [-0.1, -0.05) is 230 Å². The van der Waals surface area contributed by atoms with Gasteiger partial charge in [0.05, 0.1) is 19.8 Å². The van der Waals surface area contributed by atoms with Gasteiger partial charge in [0.1, 0.15) is 30.5 Å². The number of allylic oxidation sites excluding steroid dienone is 6. The van der Waals surface area contributed by atoms with Crippen molar-refractivity contribution in [2.45, 2.75) is 288 Å². The first-order valence-electron chi connectivity index (χ1n) is 28.2. The smallest absolute Gasteiger partial charge is 0.397 e. The Bertz CT molecular complexity index is 1340. The SMILES string of the molecule is CCCCCCC/C=C\C/C=C\C/C=C\CCCCCCCCCCCCC(=O)OC(COCCCCCCCCCCCCCCCCCCC)COC1OC(CO)C(O)C(OS(=O)(=O)O)C1O. The van der Waals surface area contributed by atoms with Gasteiger partial charge in [0.25, 0.3) is 0 Å². The van der Waals surface area contributed by atoms with E-state index in [-0.39, 0.29) is 19.6 Å². The van der Waals surface area contributed by atoms with Crippen molar-refractivity contribution in [3.8, 4) is 0 Å². The maximum atomic E-state index is 12.9. The van der Waals surface area contributed by atoms with E-state index in [9.17, 15) is 33.1 Å². The number of carbonyl (C=O) groups is 1. The minimum Gasteiger partial charge on any atom is -0.457 e. The van der Waals surface area contributed by atoms with Crippen molar-refractivity contribution >= 4 is 16.4 Å². The molecule has 4 N–H and O–H groups in total. The monoisotopic (exact) mass is 1000 g/mol. The molecule has 13 heteroatoms. The molecule has 0 amide bonds. The van der Waals surface area contributed by atoms with Crippen LogP contribution in [0.4, 0.5) is 0 Å². The number of aliphatic hydroxyl groups is 3. The van der Waals surface area contributed by atoms with E-state index >= 15 is 0 Å². The Balaban J connectivity index is 2.30. The number of unbranched alkanes of at least 4 members (excludes halogenated alkanes) is 31. The number of rotatable bonds is 50. The second kappa shape index (κ2) is 47.3. The lowest BCUT2D eigenvalue weighted by molar-refractivity contribution is -0.301. The number of hydrogen-bond donors (Lipinski definition) is 4. The molecule has 1 aliphatic heterocycles. The van der Waals surface area contributed by atoms with Crippen LogP contribution < -0.4 is 0 Å². The molecule has 0 aromatic heterocycles. The van der Waals surface area contributed by atoms with Gasteiger partial charge in [-0.25, -0.2) is 4.18 Å². The summed E-state index contributed by atoms with van der Waals surface area (Å²) in [5.41, 5.74) is 0. The van der Waals surface area contributed by atoms with Gasteiger partial charge < -0.3 is 34.3 Å². The number of hydrogen-bond acceptors (Lipinski definition) is 11. The fourth-order valence-electron chi connectivity index (χ4n) is 8.74. The summed E-state index contributed by atoms with van der Waals surface area (Å²) in [5.74, 6) is -0.399. The molecule has 0 aromatic rings. The van der Waals surface area contributed by atoms with Crippen LogP contribution in [0.5, 0.6) is 0 Å². The van der Waals surface area contributed by atoms with E-state index in [0.29, 0.717) is 13.0 Å². The molecule has 0 aromatic carbocycles. The Hall–Kier alpha value is -1.68. The Morgan fingerprint density at radius 2 is 0.957 bits per heavy atom. The zero-order chi connectivity index (χ0) is 50.3. The third kappa shape index (κ3) is 40.5. The average molecular weight is 1000 g/mol. The van der Waals surface area contributed by atoms with E-state index < -0.39 is 59.8 Å². The van der Waals surface area contributed by atoms with Crippen molar-refractivity contribution in [2.24, 2.45) is 0 Å². The zero-order valence-corrected chi connectivity index (χ0v) is 44.7. The highest BCUT2D eigenvalue weighted by atomic mass is 32.3. The lowest BCUT2D eigenvalue weighted by Crippen LogP contribution is -2.60. The van der Waals surface area contributed by atoms with E-state index in [1.807, 2.05) is 0 Å². The fourth-order valence-corrected chi connectivity index (χ4v) is 9.25. The first-order chi connectivity index (χ1) is 33.6. The van der Waals surface area contributed by atoms with Gasteiger partial charge in [-0.2, -0.15) is 8.42 Å². The predicted octanol–water partition coefficient (Wildman–Crippen LogP) is 13.7. The third-order valence-electron chi connectivity index (χ3n) is 13.0. The Morgan fingerprint density at radius 1 is 0.551 bits per heavy atom. The van der Waals surface area contributed by atoms with Gasteiger partial charge in [-0.3, -0.25) is 9.35 Å². The highest BCUT2D eigenvalue weighted by Crippen LogP contribution is 2.26. The lowest BCUT2D eigenvalue weighted by atomic mass is 9.99. The van der Waals surface area contributed by atoms with Crippen LogP contribution in [0.2, 0.25) is 0 Å². The largest absolute Gasteiger partial charge is 0.457 e. The number of ether oxygens (including phenoxy) is 4. The first kappa shape index (κ1) is 65.3. The summed E-state index contributed by atoms with van der Waals surface area (Å²) in [6.07, 6.45) is 48.9. The molecule has 1 fully saturated rings. The van der Waals surface area contributed by atoms with Crippen molar-refractivity contribution in [2.75, 3.05) is 26.4 Å². The number of esters is 1. The molecule has 0 radical (unpaired) electrons. The predicted molar refractivity (Wildman–Crippen MR) is 280 cm³/mol. The summed E-state index contributed by atoms with van der Waals surface area (Å²) < 4.78 is 59.4. The maximum absolute atomic E-state index is 12.9. The van der Waals surface area contributed by atoms with Crippen molar-refractivity contribution in [1.29, 1.82) is 0 Å². The fraction of sp³-hybridized carbons (Fsp3) is 0.875. The molecular formula is C56H104O12S. The summed E-state index contributed by atoms with van der Waals surface area (Å²) in [7, 11) is -5.07. The van der Waals surface area contributed by atoms with Gasteiger partial charge in [0, 0.05) is 13.0 Å². The van der Waals surface area contributed by atoms with Gasteiger partial charge in [0.15, 0.2) is 6.29 Å². The van der Waals surface area contributed by atoms with Gasteiger partial charge in [-0.15, -0.1) is 0 Å². The van der Waals surface area contributed by atoms with Crippen LogP contribution in [0.15, 0.2) is 36.5 Å². The molecular weight excluding hydrogens is 897 g/mol. The van der Waals surface area contributed by atoms with Crippen molar-refractivity contribution in [3.63, 3.8) is 0 Å². The molecule has 1 heterocycles. The maximum Gasteiger partial charge on any atom is 0.397 e. The van der Waals surface area contributed by atoms with Gasteiger partial charge in [0.2, 0.25) is 0 Å². The normalized spacial score (nSPS) is 19.4. The molecule has 0 saturated carbocycles. The van der Waals surface area contributed by atoms with Crippen molar-refractivity contribution in [1.82, 2.24) is 0 Å². The highest BCUT2D eigenvalue weighted by molar-refractivity contribution is 7.80. The van der Waals surface area contributed by atoms with E-state index in [2.05, 4.69) is 54.5 Å². The number of aliphatic hydroxyl groups excluding tert-OH is 3. The first-order valence-corrected chi connectivity index (χ1v) is 29.6. The van der Waals surface area contributed by atoms with E-state index in [1.165, 1.54) is 167 Å². The molecule has 0 bridgehead atoms. The van der Waals surface area contributed by atoms with E-state index in [0.717, 1.165) is 57.8 Å². The minimum atomic E-state index is -5.07. The third-order valence-corrected chi connectivity index (χ3v) is 13.5. The molecule has 0 spiro atoms. The minimum absolute atomic E-state index is 0.0381. The van der Waals surface area contributed by atoms with Gasteiger partial charge in [-0.05, 0) is 51.4 Å². The van der Waals surface area contributed by atoms with Crippen LogP contribution in [-0.4, -0.2) is 97.5 Å². The highest BCUT2D eigenvalue weighted by Gasteiger charge is 2.48. The van der Waals surface area contributed by atoms with Crippen molar-refractivity contribution in [3.05, 3.63) is 36.5 Å². The second-order valence-electron chi connectivity index (χ2n) is 19.5. The van der Waals surface area contributed by atoms with Crippen LogP contribution in [0.1, 0.15) is 251 Å². The van der Waals surface area contributed by atoms with E-state index in [4.69, 9.17) is 18.9 Å². The van der Waals surface area contributed by atoms with E-state index in [1.54, 1.807) is 0 Å². The lowest BCUT2D eigenvalue weighted by Gasteiger charge is -2.41. The molecule has 12 nitrogen and oxygen atoms in total. The molecule has 0 aliphatic carbocycles. The molecule has 406 valence electrons. The molecule has 6 unspecified atom stereocenters.